The molecule has 0 bridgehead atoms. The monoisotopic (exact) mass is 1700 g/mol. The summed E-state index contributed by atoms with van der Waals surface area (Å²) in [5, 5.41) is 39.5. The van der Waals surface area contributed by atoms with Crippen LogP contribution in [0.25, 0.3) is 44.2 Å². The van der Waals surface area contributed by atoms with Crippen LogP contribution in [0, 0.1) is 44.3 Å². The Morgan fingerprint density at radius 3 is 1.39 bits per heavy atom. The average Bonchev–Trinajstić information content (AvgIpc) is 1.44. The van der Waals surface area contributed by atoms with Crippen LogP contribution in [0.2, 0.25) is 10.0 Å². The summed E-state index contributed by atoms with van der Waals surface area (Å²) in [7, 11) is 0. The molecule has 3 N–H and O–H groups in total. The number of hydrogen-bond acceptors (Lipinski definition) is 19. The number of nitrogens with two attached hydrogens (primary N) is 1. The van der Waals surface area contributed by atoms with Gasteiger partial charge in [0.2, 0.25) is 5.96 Å². The number of carbonyl (C=O) groups is 5. The number of nitrogens with one attached hydrogen (secondary N) is 1. The summed E-state index contributed by atoms with van der Waals surface area (Å²) in [6, 6.07) is 35.6. The molecule has 0 unspecified atom stereocenters. The Balaban J connectivity index is 0.000000199. The molecule has 3 amide bonds. The van der Waals surface area contributed by atoms with E-state index in [-0.39, 0.29) is 89.6 Å². The number of nitrogens with zero attached hydrogens (tertiary/aromatic N) is 16. The Morgan fingerprint density at radius 1 is 0.550 bits per heavy atom. The van der Waals surface area contributed by atoms with E-state index in [1.165, 1.54) is 48.8 Å². The second-order valence-corrected chi connectivity index (χ2v) is 33.0. The van der Waals surface area contributed by atoms with Crippen LogP contribution >= 0.6 is 23.2 Å². The molecule has 2 fully saturated rings. The minimum atomic E-state index is -4.68. The van der Waals surface area contributed by atoms with Crippen molar-refractivity contribution < 1.29 is 82.1 Å². The number of alkyl carbamates (subject to hydrolysis) is 1. The largest absolute Gasteiger partial charge is 0.463 e. The molecule has 26 nitrogen and oxygen atoms in total. The van der Waals surface area contributed by atoms with Crippen molar-refractivity contribution in [3.63, 3.8) is 0 Å². The summed E-state index contributed by atoms with van der Waals surface area (Å²) in [5.41, 5.74) is 2.09. The van der Waals surface area contributed by atoms with E-state index in [0.717, 1.165) is 31.8 Å². The van der Waals surface area contributed by atoms with Gasteiger partial charge in [-0.3, -0.25) is 34.3 Å². The lowest BCUT2D eigenvalue weighted by molar-refractivity contribution is -0.195. The molecule has 11 aromatic rings. The molecule has 2 saturated carbocycles. The van der Waals surface area contributed by atoms with Gasteiger partial charge in [-0.2, -0.15) is 57.3 Å². The van der Waals surface area contributed by atoms with Crippen molar-refractivity contribution in [2.45, 2.75) is 148 Å². The van der Waals surface area contributed by atoms with Gasteiger partial charge in [0.25, 0.3) is 24.7 Å². The quantitative estimate of drug-likeness (QED) is 0.0362. The molecular weight excluding hydrogens is 1630 g/mol. The zero-order valence-electron chi connectivity index (χ0n) is 64.6. The highest BCUT2D eigenvalue weighted by Crippen LogP contribution is 2.61. The Morgan fingerprint density at radius 2 is 0.975 bits per heavy atom. The van der Waals surface area contributed by atoms with Crippen LogP contribution < -0.4 is 11.1 Å². The Hall–Kier alpha value is -12.6. The molecule has 38 heteroatoms. The van der Waals surface area contributed by atoms with Gasteiger partial charge in [0.1, 0.15) is 44.6 Å². The van der Waals surface area contributed by atoms with E-state index in [2.05, 4.69) is 47.8 Å². The summed E-state index contributed by atoms with van der Waals surface area (Å²) in [6.07, 6.45) is -14.6. The van der Waals surface area contributed by atoms with Gasteiger partial charge in [-0.25, -0.2) is 60.7 Å². The molecule has 2 aliphatic heterocycles. The van der Waals surface area contributed by atoms with E-state index >= 15 is 9.59 Å². The van der Waals surface area contributed by atoms with Crippen molar-refractivity contribution >= 4 is 97.8 Å². The number of hydrogen-bond donors (Lipinski definition) is 2. The first kappa shape index (κ1) is 83.9. The lowest BCUT2D eigenvalue weighted by Gasteiger charge is -2.35. The zero-order valence-corrected chi connectivity index (χ0v) is 66.1. The number of carbonyl (C=O) groups excluding carboxylic acids is 5. The van der Waals surface area contributed by atoms with Gasteiger partial charge < -0.3 is 19.9 Å². The summed E-state index contributed by atoms with van der Waals surface area (Å²) in [4.78, 5) is 90.2. The van der Waals surface area contributed by atoms with Gasteiger partial charge in [0, 0.05) is 10.8 Å². The minimum Gasteiger partial charge on any atom is -0.463 e. The molecule has 4 atom stereocenters. The van der Waals surface area contributed by atoms with Crippen molar-refractivity contribution in [1.29, 1.82) is 10.5 Å². The van der Waals surface area contributed by atoms with Gasteiger partial charge >= 0.3 is 30.4 Å². The molecule has 6 aromatic heterocycles. The molecule has 120 heavy (non-hydrogen) atoms. The molecule has 15 rings (SSSR count). The highest BCUT2D eigenvalue weighted by Gasteiger charge is 2.66. The number of ether oxygens (including phenoxy) is 3. The SMILES string of the molecule is CC(C)(C)C[C@]1(c2ccc3c(ccc4c(C#N)cnn43)c2)N=C(N)N([C@H](COC(=O)CC2(C(F)(F)F)CC2)c2ccc(Cl)c(-n3ncnc3C(F)F)c2)C1=O.CC(C)(C)C[C@]1(c2ccc3c(ccc4c(C#N)cnn43)c2)N=C(NC(=O)OCc2ccccc2)N([C@H](COC(=O)CC2(C(F)(F)F)CC2)c2ccc(Cl)c(-n3ncnc3C(F)F)c2)C1=O. The molecule has 622 valence electrons. The van der Waals surface area contributed by atoms with E-state index in [1.54, 1.807) is 100 Å². The lowest BCUT2D eigenvalue weighted by Crippen LogP contribution is -2.49. The number of alkyl halides is 10. The maximum Gasteiger partial charge on any atom is 0.414 e. The first-order valence-corrected chi connectivity index (χ1v) is 38.1. The number of amides is 3. The summed E-state index contributed by atoms with van der Waals surface area (Å²) in [6.45, 7) is 9.69. The van der Waals surface area contributed by atoms with Crippen molar-refractivity contribution in [1.82, 2.24) is 63.9 Å². The van der Waals surface area contributed by atoms with Gasteiger partial charge in [0.15, 0.2) is 28.7 Å². The summed E-state index contributed by atoms with van der Waals surface area (Å²) >= 11 is 13.0. The molecule has 0 radical (unpaired) electrons. The van der Waals surface area contributed by atoms with E-state index in [4.69, 9.17) is 53.1 Å². The Bertz CT molecular complexity index is 6050. The van der Waals surface area contributed by atoms with E-state index in [0.29, 0.717) is 60.7 Å². The molecule has 4 aliphatic rings. The lowest BCUT2D eigenvalue weighted by atomic mass is 9.75. The van der Waals surface area contributed by atoms with Crippen LogP contribution in [0.3, 0.4) is 0 Å². The third-order valence-corrected chi connectivity index (χ3v) is 22.0. The minimum absolute atomic E-state index is 0.0108. The van der Waals surface area contributed by atoms with E-state index in [1.807, 2.05) is 41.5 Å². The maximum absolute atomic E-state index is 15.7. The number of aromatic nitrogens is 10. The molecule has 5 aromatic carbocycles. The number of pyridine rings is 2. The smallest absolute Gasteiger partial charge is 0.414 e. The molecule has 0 spiro atoms. The average molecular weight is 1700 g/mol. The first-order valence-electron chi connectivity index (χ1n) is 37.3. The fourth-order valence-electron chi connectivity index (χ4n) is 15.3. The summed E-state index contributed by atoms with van der Waals surface area (Å²) in [5.74, 6) is -5.89. The highest BCUT2D eigenvalue weighted by atomic mass is 35.5. The molecule has 0 saturated heterocycles. The number of benzene rings is 5. The fourth-order valence-corrected chi connectivity index (χ4v) is 15.7. The van der Waals surface area contributed by atoms with Gasteiger partial charge in [0.05, 0.1) is 103 Å². The van der Waals surface area contributed by atoms with Crippen molar-refractivity contribution in [3.05, 3.63) is 213 Å². The van der Waals surface area contributed by atoms with Crippen molar-refractivity contribution in [2.24, 2.45) is 37.4 Å². The Kier molecular flexibility index (Phi) is 22.1. The zero-order chi connectivity index (χ0) is 86.1. The van der Waals surface area contributed by atoms with Crippen LogP contribution in [-0.2, 0) is 51.1 Å². The number of rotatable bonds is 22. The van der Waals surface area contributed by atoms with Crippen LogP contribution in [0.5, 0.6) is 0 Å². The third kappa shape index (κ3) is 16.2. The number of esters is 2. The standard InChI is InChI=1S/C45H39ClF5N9O5.C37H33ClF5N9O3/c1-42(2,3)24-44(30-11-14-32-27(17-30)10-13-33-29(20-52)21-54-59(32)33)39(62)58(40(57-44)56-41(63)65-22-26-7-5-4-6-8-26)35(23-64-36(61)19-43(15-16-43)45(49,50)51)28-9-12-31(46)34(18-28)60-38(37(47)48)53-25-55-60;1-34(2,3)18-36(23-6-9-25-20(12-23)5-8-26-22(15-44)16-47-51(25)26)32(54)50(33(45)49-36)28(17-55-29(53)14-35(10-11-35)37(41,42)43)21-4-7-24(38)27(13-21)52-31(30(39)40)46-19-48-52/h4-14,17-18,21,25,35,37H,15-16,19,22-24H2,1-3H3,(H,56,57,63);4-9,12-13,16,19,28,30H,10-11,14,17-18H2,1-3H3,(H2,45,49)/t35-,44-;28-,36-/m11/s1. The third-order valence-electron chi connectivity index (χ3n) is 21.4. The number of fused-ring (bicyclic) bond motifs is 6. The van der Waals surface area contributed by atoms with Gasteiger partial charge in [-0.1, -0.05) is 131 Å². The number of nitriles is 2. The van der Waals surface area contributed by atoms with Crippen LogP contribution in [0.1, 0.15) is 168 Å². The van der Waals surface area contributed by atoms with Crippen LogP contribution in [0.15, 0.2) is 162 Å². The second-order valence-electron chi connectivity index (χ2n) is 32.2. The maximum atomic E-state index is 15.7. The normalized spacial score (nSPS) is 18.2. The number of halogens is 12. The van der Waals surface area contributed by atoms with Crippen LogP contribution in [-0.4, -0.2) is 126 Å². The summed E-state index contributed by atoms with van der Waals surface area (Å²) < 4.78 is 161. The van der Waals surface area contributed by atoms with Crippen molar-refractivity contribution in [2.75, 3.05) is 13.2 Å². The molecule has 8 heterocycles. The first-order chi connectivity index (χ1) is 56.7. The fraction of sp³-hybridized carbons (Fsp3) is 0.354. The predicted molar refractivity (Wildman–Crippen MR) is 414 cm³/mol. The molecular formula is C82H72Cl2F10N18O8. The number of guanidine groups is 2. The predicted octanol–water partition coefficient (Wildman–Crippen LogP) is 16.6. The second kappa shape index (κ2) is 31.6. The van der Waals surface area contributed by atoms with Gasteiger partial charge in [-0.15, -0.1) is 0 Å². The topological polar surface area (TPSA) is 326 Å². The molecule has 2 aliphatic carbocycles. The van der Waals surface area contributed by atoms with E-state index < -0.39 is 138 Å². The van der Waals surface area contributed by atoms with Crippen LogP contribution in [0.4, 0.5) is 48.7 Å². The van der Waals surface area contributed by atoms with Crippen molar-refractivity contribution in [3.8, 4) is 23.5 Å². The highest BCUT2D eigenvalue weighted by molar-refractivity contribution is 6.32. The Labute approximate surface area is 686 Å². The van der Waals surface area contributed by atoms with Gasteiger partial charge in [-0.05, 0) is 138 Å². The number of aliphatic imine (C=N–C) groups is 2. The van der Waals surface area contributed by atoms with E-state index in [9.17, 15) is 68.8 Å².